The number of morpholine rings is 1. The van der Waals surface area contributed by atoms with Gasteiger partial charge < -0.3 is 14.5 Å². The Morgan fingerprint density at radius 3 is 2.41 bits per heavy atom. The highest BCUT2D eigenvalue weighted by atomic mass is 35.5. The van der Waals surface area contributed by atoms with Crippen LogP contribution in [-0.4, -0.2) is 85.5 Å². The normalized spacial score (nSPS) is 23.4. The lowest BCUT2D eigenvalue weighted by Crippen LogP contribution is -2.48. The van der Waals surface area contributed by atoms with Crippen LogP contribution in [0.15, 0.2) is 18.2 Å². The number of hydrogen-bond acceptors (Lipinski definition) is 4. The molecular weight excluding hydrogens is 449 g/mol. The molecule has 0 radical (unpaired) electrons. The SMILES string of the molecule is O=C(c1ccc(Cl)c(Cl)c1)N1CCCC(C(=O)N2CCC(CCN3CCOCC3)CC2)C1. The number of carbonyl (C=O) groups is 2. The summed E-state index contributed by atoms with van der Waals surface area (Å²) in [5, 5.41) is 0.807. The molecule has 0 aromatic heterocycles. The first kappa shape index (κ1) is 23.8. The van der Waals surface area contributed by atoms with Crippen molar-refractivity contribution < 1.29 is 14.3 Å². The van der Waals surface area contributed by atoms with Crippen LogP contribution in [-0.2, 0) is 9.53 Å². The standard InChI is InChI=1S/C24H33Cl2N3O3/c25-21-4-3-19(16-22(21)26)23(30)29-8-1-2-20(17-29)24(31)28-10-6-18(7-11-28)5-9-27-12-14-32-15-13-27/h3-4,16,18,20H,1-2,5-15,17H2. The fourth-order valence-corrected chi connectivity index (χ4v) is 5.36. The van der Waals surface area contributed by atoms with Crippen molar-refractivity contribution in [1.29, 1.82) is 0 Å². The minimum Gasteiger partial charge on any atom is -0.379 e. The second kappa shape index (κ2) is 11.2. The van der Waals surface area contributed by atoms with Crippen molar-refractivity contribution in [3.8, 4) is 0 Å². The Morgan fingerprint density at radius 2 is 1.69 bits per heavy atom. The van der Waals surface area contributed by atoms with E-state index in [1.165, 1.54) is 6.42 Å². The monoisotopic (exact) mass is 481 g/mol. The van der Waals surface area contributed by atoms with E-state index >= 15 is 0 Å². The van der Waals surface area contributed by atoms with Crippen molar-refractivity contribution in [3.05, 3.63) is 33.8 Å². The highest BCUT2D eigenvalue weighted by molar-refractivity contribution is 6.42. The van der Waals surface area contributed by atoms with E-state index in [1.807, 2.05) is 4.90 Å². The van der Waals surface area contributed by atoms with Gasteiger partial charge in [-0.05, 0) is 62.8 Å². The summed E-state index contributed by atoms with van der Waals surface area (Å²) in [4.78, 5) is 32.4. The van der Waals surface area contributed by atoms with Gasteiger partial charge in [-0.3, -0.25) is 14.5 Å². The molecule has 3 saturated heterocycles. The van der Waals surface area contributed by atoms with E-state index in [1.54, 1.807) is 23.1 Å². The molecule has 0 spiro atoms. The largest absolute Gasteiger partial charge is 0.379 e. The number of nitrogens with zero attached hydrogens (tertiary/aromatic N) is 3. The fraction of sp³-hybridized carbons (Fsp3) is 0.667. The van der Waals surface area contributed by atoms with Crippen LogP contribution in [0.3, 0.4) is 0 Å². The smallest absolute Gasteiger partial charge is 0.253 e. The Kier molecular flexibility index (Phi) is 8.32. The van der Waals surface area contributed by atoms with Gasteiger partial charge in [0.05, 0.1) is 29.2 Å². The topological polar surface area (TPSA) is 53.1 Å². The maximum atomic E-state index is 13.2. The number of benzene rings is 1. The van der Waals surface area contributed by atoms with Crippen LogP contribution in [0.4, 0.5) is 0 Å². The molecule has 3 heterocycles. The molecule has 1 unspecified atom stereocenters. The lowest BCUT2D eigenvalue weighted by Gasteiger charge is -2.38. The zero-order chi connectivity index (χ0) is 22.5. The summed E-state index contributed by atoms with van der Waals surface area (Å²) in [5.41, 5.74) is 0.522. The van der Waals surface area contributed by atoms with Gasteiger partial charge in [-0.2, -0.15) is 0 Å². The second-order valence-corrected chi connectivity index (χ2v) is 10.0. The number of hydrogen-bond donors (Lipinski definition) is 0. The molecule has 1 aromatic carbocycles. The van der Waals surface area contributed by atoms with Gasteiger partial charge in [0, 0.05) is 44.8 Å². The third kappa shape index (κ3) is 5.96. The van der Waals surface area contributed by atoms with Crippen molar-refractivity contribution in [2.75, 3.05) is 59.0 Å². The molecule has 0 bridgehead atoms. The predicted octanol–water partition coefficient (Wildman–Crippen LogP) is 3.81. The Balaban J connectivity index is 1.25. The first-order valence-corrected chi connectivity index (χ1v) is 12.6. The predicted molar refractivity (Wildman–Crippen MR) is 126 cm³/mol. The molecule has 32 heavy (non-hydrogen) atoms. The van der Waals surface area contributed by atoms with E-state index in [0.29, 0.717) is 34.6 Å². The van der Waals surface area contributed by atoms with Gasteiger partial charge in [-0.15, -0.1) is 0 Å². The van der Waals surface area contributed by atoms with Crippen LogP contribution < -0.4 is 0 Å². The van der Waals surface area contributed by atoms with E-state index < -0.39 is 0 Å². The molecule has 0 saturated carbocycles. The van der Waals surface area contributed by atoms with Crippen molar-refractivity contribution in [1.82, 2.24) is 14.7 Å². The summed E-state index contributed by atoms with van der Waals surface area (Å²) < 4.78 is 5.43. The zero-order valence-electron chi connectivity index (χ0n) is 18.6. The maximum Gasteiger partial charge on any atom is 0.253 e. The number of ether oxygens (including phenoxy) is 1. The Labute approximate surface area is 200 Å². The van der Waals surface area contributed by atoms with Gasteiger partial charge in [0.15, 0.2) is 0 Å². The van der Waals surface area contributed by atoms with Crippen LogP contribution in [0.2, 0.25) is 10.0 Å². The molecule has 2 amide bonds. The van der Waals surface area contributed by atoms with Gasteiger partial charge in [0.25, 0.3) is 5.91 Å². The van der Waals surface area contributed by atoms with Crippen molar-refractivity contribution in [2.24, 2.45) is 11.8 Å². The van der Waals surface area contributed by atoms with Crippen molar-refractivity contribution >= 4 is 35.0 Å². The second-order valence-electron chi connectivity index (χ2n) is 9.23. The molecule has 3 aliphatic heterocycles. The molecular formula is C24H33Cl2N3O3. The van der Waals surface area contributed by atoms with Crippen LogP contribution in [0.1, 0.15) is 42.5 Å². The summed E-state index contributed by atoms with van der Waals surface area (Å²) >= 11 is 12.1. The molecule has 0 N–H and O–H groups in total. The third-order valence-corrected chi connectivity index (χ3v) is 7.85. The van der Waals surface area contributed by atoms with E-state index in [-0.39, 0.29) is 17.7 Å². The summed E-state index contributed by atoms with van der Waals surface area (Å²) in [5.74, 6) is 0.715. The van der Waals surface area contributed by atoms with Gasteiger partial charge in [-0.25, -0.2) is 0 Å². The van der Waals surface area contributed by atoms with Crippen LogP contribution in [0.5, 0.6) is 0 Å². The number of carbonyl (C=O) groups excluding carboxylic acids is 2. The van der Waals surface area contributed by atoms with Crippen LogP contribution in [0, 0.1) is 11.8 Å². The molecule has 3 aliphatic rings. The van der Waals surface area contributed by atoms with Crippen LogP contribution in [0.25, 0.3) is 0 Å². The van der Waals surface area contributed by atoms with Crippen molar-refractivity contribution in [3.63, 3.8) is 0 Å². The number of piperidine rings is 2. The Bertz CT molecular complexity index is 808. The van der Waals surface area contributed by atoms with E-state index in [9.17, 15) is 9.59 Å². The van der Waals surface area contributed by atoms with Gasteiger partial charge >= 0.3 is 0 Å². The van der Waals surface area contributed by atoms with Gasteiger partial charge in [0.2, 0.25) is 5.91 Å². The summed E-state index contributed by atoms with van der Waals surface area (Å²) in [7, 11) is 0. The minimum atomic E-state index is -0.111. The Morgan fingerprint density at radius 1 is 0.938 bits per heavy atom. The van der Waals surface area contributed by atoms with Gasteiger partial charge in [0.1, 0.15) is 0 Å². The zero-order valence-corrected chi connectivity index (χ0v) is 20.1. The van der Waals surface area contributed by atoms with Gasteiger partial charge in [-0.1, -0.05) is 23.2 Å². The molecule has 8 heteroatoms. The quantitative estimate of drug-likeness (QED) is 0.641. The lowest BCUT2D eigenvalue weighted by atomic mass is 9.90. The number of amides is 2. The lowest BCUT2D eigenvalue weighted by molar-refractivity contribution is -0.138. The molecule has 0 aliphatic carbocycles. The summed E-state index contributed by atoms with van der Waals surface area (Å²) in [6.07, 6.45) is 5.06. The number of rotatable bonds is 5. The van der Waals surface area contributed by atoms with E-state index in [2.05, 4.69) is 4.90 Å². The molecule has 176 valence electrons. The summed E-state index contributed by atoms with van der Waals surface area (Å²) in [6.45, 7) is 7.73. The average Bonchev–Trinajstić information content (AvgIpc) is 2.84. The molecule has 3 fully saturated rings. The maximum absolute atomic E-state index is 13.2. The molecule has 1 aromatic rings. The summed E-state index contributed by atoms with van der Waals surface area (Å²) in [6, 6.07) is 4.95. The average molecular weight is 482 g/mol. The number of likely N-dealkylation sites (tertiary alicyclic amines) is 2. The van der Waals surface area contributed by atoms with E-state index in [4.69, 9.17) is 27.9 Å². The molecule has 4 rings (SSSR count). The first-order valence-electron chi connectivity index (χ1n) is 11.8. The van der Waals surface area contributed by atoms with Crippen LogP contribution >= 0.6 is 23.2 Å². The minimum absolute atomic E-state index is 0.0807. The fourth-order valence-electron chi connectivity index (χ4n) is 5.07. The molecule has 1 atom stereocenters. The Hall–Kier alpha value is -1.34. The van der Waals surface area contributed by atoms with E-state index in [0.717, 1.165) is 71.6 Å². The third-order valence-electron chi connectivity index (χ3n) is 7.11. The first-order chi connectivity index (χ1) is 15.5. The highest BCUT2D eigenvalue weighted by Gasteiger charge is 2.33. The van der Waals surface area contributed by atoms with Crippen molar-refractivity contribution in [2.45, 2.75) is 32.1 Å². The highest BCUT2D eigenvalue weighted by Crippen LogP contribution is 2.27. The number of halogens is 2. The molecule has 6 nitrogen and oxygen atoms in total.